The van der Waals surface area contributed by atoms with Gasteiger partial charge in [0.2, 0.25) is 0 Å². The van der Waals surface area contributed by atoms with Crippen molar-refractivity contribution in [3.63, 3.8) is 0 Å². The summed E-state index contributed by atoms with van der Waals surface area (Å²) in [4.78, 5) is 17.9. The molecule has 0 saturated carbocycles. The molecule has 0 amide bonds. The van der Waals surface area contributed by atoms with Crippen molar-refractivity contribution in [3.05, 3.63) is 0 Å². The predicted octanol–water partition coefficient (Wildman–Crippen LogP) is 9.64. The lowest BCUT2D eigenvalue weighted by molar-refractivity contribution is -0.868. The van der Waals surface area contributed by atoms with Crippen LogP contribution in [0.5, 0.6) is 0 Å². The Kier molecular flexibility index (Phi) is 38.9. The summed E-state index contributed by atoms with van der Waals surface area (Å²) >= 11 is 0. The fourth-order valence-electron chi connectivity index (χ4n) is 4.65. The van der Waals surface area contributed by atoms with Gasteiger partial charge in [-0.15, -0.1) is 12.3 Å². The van der Waals surface area contributed by atoms with Gasteiger partial charge in [-0.25, -0.2) is 14.6 Å². The summed E-state index contributed by atoms with van der Waals surface area (Å²) in [5.74, 6) is 2.72. The Morgan fingerprint density at radius 3 is 0.978 bits per heavy atom. The lowest BCUT2D eigenvalue weighted by Crippen LogP contribution is -2.06. The summed E-state index contributed by atoms with van der Waals surface area (Å²) in [6, 6.07) is 0. The molecule has 0 aliphatic rings. The van der Waals surface area contributed by atoms with Crippen LogP contribution < -0.4 is 0 Å². The largest absolute Gasteiger partial charge is 0.540 e. The van der Waals surface area contributed by atoms with Crippen molar-refractivity contribution in [3.8, 4) is 12.3 Å². The number of hydrogen-bond donors (Lipinski definition) is 1. The number of carboxylic acid groups (broad SMARTS) is 1. The molecular formula is C30H56O15. The lowest BCUT2D eigenvalue weighted by Gasteiger charge is -2.04. The van der Waals surface area contributed by atoms with Crippen molar-refractivity contribution in [2.24, 2.45) is 0 Å². The smallest absolute Gasteiger partial charge is 0.448 e. The van der Waals surface area contributed by atoms with E-state index in [4.69, 9.17) is 16.4 Å². The normalized spacial score (nSPS) is 11.2. The maximum atomic E-state index is 9.83. The first-order valence-electron chi connectivity index (χ1n) is 16.6. The predicted molar refractivity (Wildman–Crippen MR) is 156 cm³/mol. The molecule has 0 atom stereocenters. The van der Waals surface area contributed by atoms with Gasteiger partial charge in [-0.1, -0.05) is 148 Å². The molecule has 0 aromatic rings. The highest BCUT2D eigenvalue weighted by molar-refractivity contribution is 5.55. The summed E-state index contributed by atoms with van der Waals surface area (Å²) in [7, 11) is 0. The van der Waals surface area contributed by atoms with Gasteiger partial charge in [-0.3, -0.25) is 0 Å². The zero-order valence-electron chi connectivity index (χ0n) is 26.8. The summed E-state index contributed by atoms with van der Waals surface area (Å²) in [6.45, 7) is 0.304. The standard InChI is InChI=1S/C30H56O15/c1-2-3-4-5-6-7-8-9-10-11-12-13-14-15-16-17-18-19-20-21-22-23-24-25-26-27-28-29-33-35-37-39-41-43-45-44-42-40-38-36-34-30(31)32/h1H,3-29H2,(H,31,32). The van der Waals surface area contributed by atoms with Gasteiger partial charge < -0.3 is 5.11 Å². The molecule has 0 aliphatic heterocycles. The van der Waals surface area contributed by atoms with E-state index in [1.165, 1.54) is 141 Å². The average Bonchev–Trinajstić information content (AvgIpc) is 3.03. The monoisotopic (exact) mass is 656 g/mol. The third-order valence-corrected chi connectivity index (χ3v) is 6.98. The Labute approximate surface area is 267 Å². The van der Waals surface area contributed by atoms with Crippen LogP contribution in [0.25, 0.3) is 0 Å². The Morgan fingerprint density at radius 1 is 0.400 bits per heavy atom. The molecule has 15 heteroatoms. The molecule has 0 heterocycles. The van der Waals surface area contributed by atoms with Crippen LogP contribution in [0.4, 0.5) is 4.79 Å². The molecule has 45 heavy (non-hydrogen) atoms. The van der Waals surface area contributed by atoms with Crippen molar-refractivity contribution in [2.75, 3.05) is 6.61 Å². The van der Waals surface area contributed by atoms with Gasteiger partial charge in [0.05, 0.1) is 6.61 Å². The summed E-state index contributed by atoms with van der Waals surface area (Å²) in [5.41, 5.74) is 0. The van der Waals surface area contributed by atoms with Gasteiger partial charge in [0.15, 0.2) is 0 Å². The molecule has 0 aliphatic carbocycles. The molecule has 0 radical (unpaired) electrons. The molecular weight excluding hydrogens is 600 g/mol. The van der Waals surface area contributed by atoms with Crippen LogP contribution in [0, 0.1) is 12.3 Å². The van der Waals surface area contributed by atoms with E-state index in [2.05, 4.69) is 66.2 Å². The highest BCUT2D eigenvalue weighted by atomic mass is 18.0. The van der Waals surface area contributed by atoms with Gasteiger partial charge in [0.25, 0.3) is 0 Å². The maximum absolute atomic E-state index is 9.83. The Balaban J connectivity index is 3.04. The minimum atomic E-state index is -1.80. The molecule has 15 nitrogen and oxygen atoms in total. The van der Waals surface area contributed by atoms with Gasteiger partial charge >= 0.3 is 6.16 Å². The molecule has 0 spiro atoms. The molecule has 0 aromatic heterocycles. The molecule has 1 N–H and O–H groups in total. The second-order valence-corrected chi connectivity index (χ2v) is 10.7. The van der Waals surface area contributed by atoms with Crippen LogP contribution in [0.2, 0.25) is 0 Å². The van der Waals surface area contributed by atoms with E-state index in [0.29, 0.717) is 6.61 Å². The molecule has 0 unspecified atom stereocenters. The van der Waals surface area contributed by atoms with Crippen LogP contribution in [0.3, 0.4) is 0 Å². The average molecular weight is 657 g/mol. The first-order valence-corrected chi connectivity index (χ1v) is 16.6. The van der Waals surface area contributed by atoms with Crippen LogP contribution in [0.15, 0.2) is 0 Å². The molecule has 0 rings (SSSR count). The number of carbonyl (C=O) groups is 1. The zero-order valence-corrected chi connectivity index (χ0v) is 26.8. The first kappa shape index (κ1) is 43.4. The summed E-state index contributed by atoms with van der Waals surface area (Å²) < 4.78 is 0. The quantitative estimate of drug-likeness (QED) is 0.0288. The van der Waals surface area contributed by atoms with E-state index in [1.54, 1.807) is 0 Å². The second-order valence-electron chi connectivity index (χ2n) is 10.7. The Morgan fingerprint density at radius 2 is 0.667 bits per heavy atom. The van der Waals surface area contributed by atoms with Crippen molar-refractivity contribution in [1.29, 1.82) is 0 Å². The molecule has 0 saturated heterocycles. The van der Waals surface area contributed by atoms with Crippen molar-refractivity contribution >= 4 is 6.16 Å². The number of unbranched alkanes of at least 4 members (excludes halogenated alkanes) is 25. The second kappa shape index (κ2) is 40.4. The highest BCUT2D eigenvalue weighted by Gasteiger charge is 2.02. The van der Waals surface area contributed by atoms with E-state index < -0.39 is 6.16 Å². The van der Waals surface area contributed by atoms with Gasteiger partial charge in [-0.2, -0.15) is 0 Å². The third kappa shape index (κ3) is 42.4. The molecule has 0 bridgehead atoms. The molecule has 266 valence electrons. The maximum Gasteiger partial charge on any atom is 0.540 e. The van der Waals surface area contributed by atoms with Crippen LogP contribution in [-0.2, 0) is 65.2 Å². The van der Waals surface area contributed by atoms with Crippen molar-refractivity contribution in [2.45, 2.75) is 167 Å². The van der Waals surface area contributed by atoms with Crippen LogP contribution in [0.1, 0.15) is 167 Å². The number of hydrogen-bond acceptors (Lipinski definition) is 14. The van der Waals surface area contributed by atoms with E-state index in [9.17, 15) is 4.79 Å². The van der Waals surface area contributed by atoms with E-state index in [1.807, 2.05) is 0 Å². The minimum Gasteiger partial charge on any atom is -0.448 e. The topological polar surface area (TPSA) is 157 Å². The first-order chi connectivity index (χ1) is 22.3. The highest BCUT2D eigenvalue weighted by Crippen LogP contribution is 2.16. The Hall–Kier alpha value is -1.65. The Bertz CT molecular complexity index is 621. The van der Waals surface area contributed by atoms with Crippen molar-refractivity contribution in [1.82, 2.24) is 0 Å². The van der Waals surface area contributed by atoms with Crippen LogP contribution in [-0.4, -0.2) is 17.9 Å². The summed E-state index contributed by atoms with van der Waals surface area (Å²) in [6.07, 6.45) is 37.4. The van der Waals surface area contributed by atoms with E-state index in [0.717, 1.165) is 25.7 Å². The molecule has 0 aromatic carbocycles. The van der Waals surface area contributed by atoms with E-state index >= 15 is 0 Å². The van der Waals surface area contributed by atoms with Gasteiger partial charge in [-0.05, 0) is 38.0 Å². The van der Waals surface area contributed by atoms with E-state index in [-0.39, 0.29) is 0 Å². The fraction of sp³-hybridized carbons (Fsp3) is 0.900. The lowest BCUT2D eigenvalue weighted by atomic mass is 10.0. The van der Waals surface area contributed by atoms with Crippen molar-refractivity contribution < 1.29 is 75.1 Å². The summed E-state index contributed by atoms with van der Waals surface area (Å²) in [5, 5.41) is 48.9. The molecule has 0 fully saturated rings. The SMILES string of the molecule is C#CCCCCCCCCCCCCCCCCCCCCCCCCCCCOOOOOOOOOOOOOC(=O)O. The number of terminal acetylenes is 1. The van der Waals surface area contributed by atoms with Gasteiger partial charge in [0.1, 0.15) is 0 Å². The van der Waals surface area contributed by atoms with Crippen LogP contribution >= 0.6 is 0 Å². The third-order valence-electron chi connectivity index (χ3n) is 6.98. The fourth-order valence-corrected chi connectivity index (χ4v) is 4.65. The minimum absolute atomic E-state index is 0.304. The van der Waals surface area contributed by atoms with Gasteiger partial charge in [0, 0.05) is 36.7 Å². The number of rotatable bonds is 39. The zero-order chi connectivity index (χ0) is 32.6.